The van der Waals surface area contributed by atoms with Gasteiger partial charge in [0.2, 0.25) is 0 Å². The van der Waals surface area contributed by atoms with E-state index >= 15 is 0 Å². The summed E-state index contributed by atoms with van der Waals surface area (Å²) in [7, 11) is 0. The van der Waals surface area contributed by atoms with E-state index in [1.54, 1.807) is 11.3 Å². The van der Waals surface area contributed by atoms with Crippen molar-refractivity contribution in [2.75, 3.05) is 0 Å². The van der Waals surface area contributed by atoms with E-state index in [2.05, 4.69) is 66.7 Å². The van der Waals surface area contributed by atoms with Gasteiger partial charge >= 0.3 is 0 Å². The number of fused-ring (bicyclic) bond motifs is 2. The summed E-state index contributed by atoms with van der Waals surface area (Å²) in [5.41, 5.74) is 7.49. The van der Waals surface area contributed by atoms with Crippen molar-refractivity contribution in [3.63, 3.8) is 0 Å². The molecule has 0 bridgehead atoms. The minimum absolute atomic E-state index is 0.618. The van der Waals surface area contributed by atoms with E-state index in [9.17, 15) is 5.26 Å². The molecule has 0 aliphatic carbocycles. The monoisotopic (exact) mass is 463 g/mol. The third kappa shape index (κ3) is 3.93. The number of thiazole rings is 1. The zero-order valence-corrected chi connectivity index (χ0v) is 19.4. The van der Waals surface area contributed by atoms with Crippen LogP contribution in [0.1, 0.15) is 11.1 Å². The van der Waals surface area contributed by atoms with Crippen LogP contribution in [0.2, 0.25) is 0 Å². The number of nitrogens with zero attached hydrogens (tertiary/aromatic N) is 3. The molecule has 1 heterocycles. The summed E-state index contributed by atoms with van der Waals surface area (Å²) in [5.74, 6) is 0. The second-order valence-electron chi connectivity index (χ2n) is 8.36. The number of hydrogen-bond donors (Lipinski definition) is 0. The molecule has 35 heavy (non-hydrogen) atoms. The van der Waals surface area contributed by atoms with Gasteiger partial charge < -0.3 is 0 Å². The largest absolute Gasteiger partial charge is 0.236 e. The van der Waals surface area contributed by atoms with Crippen molar-refractivity contribution < 1.29 is 0 Å². The molecule has 0 aliphatic rings. The van der Waals surface area contributed by atoms with E-state index in [4.69, 9.17) is 10.2 Å². The first kappa shape index (κ1) is 20.8. The van der Waals surface area contributed by atoms with Gasteiger partial charge in [-0.3, -0.25) is 0 Å². The van der Waals surface area contributed by atoms with Gasteiger partial charge in [-0.1, -0.05) is 54.6 Å². The van der Waals surface area contributed by atoms with E-state index in [0.717, 1.165) is 53.8 Å². The van der Waals surface area contributed by atoms with E-state index < -0.39 is 0 Å². The van der Waals surface area contributed by atoms with Crippen molar-refractivity contribution in [2.24, 2.45) is 0 Å². The minimum atomic E-state index is 0.618. The minimum Gasteiger partial charge on any atom is -0.236 e. The van der Waals surface area contributed by atoms with Gasteiger partial charge in [0.25, 0.3) is 0 Å². The molecule has 0 fully saturated rings. The predicted octanol–water partition coefficient (Wildman–Crippen LogP) is 8.19. The topological polar surface area (TPSA) is 60.5 Å². The highest BCUT2D eigenvalue weighted by molar-refractivity contribution is 7.21. The van der Waals surface area contributed by atoms with Crippen molar-refractivity contribution >= 4 is 32.3 Å². The first-order valence-electron chi connectivity index (χ1n) is 11.2. The van der Waals surface area contributed by atoms with Crippen LogP contribution in [0.15, 0.2) is 103 Å². The zero-order chi connectivity index (χ0) is 23.8. The van der Waals surface area contributed by atoms with Crippen molar-refractivity contribution in [1.82, 2.24) is 4.98 Å². The molecule has 0 aliphatic heterocycles. The lowest BCUT2D eigenvalue weighted by atomic mass is 9.96. The van der Waals surface area contributed by atoms with Crippen LogP contribution >= 0.6 is 11.3 Å². The van der Waals surface area contributed by atoms with Crippen LogP contribution in [-0.2, 0) is 0 Å². The first-order valence-corrected chi connectivity index (χ1v) is 12.0. The Hall–Kier alpha value is -4.77. The fourth-order valence-corrected chi connectivity index (χ4v) is 5.28. The van der Waals surface area contributed by atoms with E-state index in [1.165, 1.54) is 0 Å². The summed E-state index contributed by atoms with van der Waals surface area (Å²) in [4.78, 5) is 4.77. The van der Waals surface area contributed by atoms with Gasteiger partial charge in [0.1, 0.15) is 5.01 Å². The molecule has 0 saturated carbocycles. The summed E-state index contributed by atoms with van der Waals surface area (Å²) < 4.78 is 1.13. The van der Waals surface area contributed by atoms with E-state index in [-0.39, 0.29) is 0 Å². The lowest BCUT2D eigenvalue weighted by molar-refractivity contribution is 1.45. The van der Waals surface area contributed by atoms with Crippen molar-refractivity contribution in [3.8, 4) is 45.0 Å². The fraction of sp³-hybridized carbons (Fsp3) is 0. The molecule has 0 amide bonds. The number of nitriles is 2. The Morgan fingerprint density at radius 1 is 0.543 bits per heavy atom. The summed E-state index contributed by atoms with van der Waals surface area (Å²) in [6.07, 6.45) is 0. The molecule has 0 saturated heterocycles. The van der Waals surface area contributed by atoms with Gasteiger partial charge in [0, 0.05) is 5.56 Å². The van der Waals surface area contributed by atoms with Crippen LogP contribution < -0.4 is 0 Å². The molecule has 0 radical (unpaired) electrons. The van der Waals surface area contributed by atoms with Gasteiger partial charge in [0.05, 0.1) is 33.5 Å². The maximum absolute atomic E-state index is 9.65. The van der Waals surface area contributed by atoms with Gasteiger partial charge in [0.15, 0.2) is 0 Å². The zero-order valence-electron chi connectivity index (χ0n) is 18.6. The lowest BCUT2D eigenvalue weighted by Crippen LogP contribution is -1.86. The molecule has 6 aromatic rings. The molecule has 1 aromatic heterocycles. The molecular formula is C31H17N3S. The van der Waals surface area contributed by atoms with Crippen LogP contribution in [0.5, 0.6) is 0 Å². The SMILES string of the molecule is N#Cc1cc(-c2ccc(-c3ccc4cc(C#N)ccc4c3)cc2)cc(-c2nc3ccccc3s2)c1. The van der Waals surface area contributed by atoms with Crippen molar-refractivity contribution in [1.29, 1.82) is 10.5 Å². The van der Waals surface area contributed by atoms with Gasteiger partial charge in [-0.05, 0) is 81.6 Å². The van der Waals surface area contributed by atoms with Gasteiger partial charge in [-0.2, -0.15) is 10.5 Å². The normalized spacial score (nSPS) is 10.8. The van der Waals surface area contributed by atoms with Crippen molar-refractivity contribution in [3.05, 3.63) is 114 Å². The number of aromatic nitrogens is 1. The fourth-order valence-electron chi connectivity index (χ4n) is 4.33. The summed E-state index contributed by atoms with van der Waals surface area (Å²) in [6.45, 7) is 0. The van der Waals surface area contributed by atoms with Gasteiger partial charge in [-0.25, -0.2) is 4.98 Å². The molecule has 0 unspecified atom stereocenters. The Morgan fingerprint density at radius 2 is 1.20 bits per heavy atom. The highest BCUT2D eigenvalue weighted by Crippen LogP contribution is 2.34. The third-order valence-corrected chi connectivity index (χ3v) is 7.21. The molecule has 3 nitrogen and oxygen atoms in total. The maximum Gasteiger partial charge on any atom is 0.124 e. The average Bonchev–Trinajstić information content (AvgIpc) is 3.37. The molecule has 5 aromatic carbocycles. The van der Waals surface area contributed by atoms with Crippen LogP contribution in [0.25, 0.3) is 53.8 Å². The van der Waals surface area contributed by atoms with E-state index in [1.807, 2.05) is 48.5 Å². The Balaban J connectivity index is 1.36. The summed E-state index contributed by atoms with van der Waals surface area (Å²) in [5, 5.41) is 21.8. The molecule has 0 atom stereocenters. The molecule has 162 valence electrons. The highest BCUT2D eigenvalue weighted by Gasteiger charge is 2.10. The number of rotatable bonds is 3. The Bertz CT molecular complexity index is 1780. The third-order valence-electron chi connectivity index (χ3n) is 6.12. The van der Waals surface area contributed by atoms with Crippen LogP contribution in [0.4, 0.5) is 0 Å². The standard InChI is InChI=1S/C31H17N3S/c32-18-20-5-6-26-16-25(12-11-24(26)13-20)22-7-9-23(10-8-22)27-14-21(19-33)15-28(17-27)31-34-29-3-1-2-4-30(29)35-31/h1-17H. The molecular weight excluding hydrogens is 446 g/mol. The molecule has 6 rings (SSSR count). The average molecular weight is 464 g/mol. The van der Waals surface area contributed by atoms with Gasteiger partial charge in [-0.15, -0.1) is 11.3 Å². The quantitative estimate of drug-likeness (QED) is 0.266. The summed E-state index contributed by atoms with van der Waals surface area (Å²) in [6, 6.07) is 39.0. The van der Waals surface area contributed by atoms with Crippen LogP contribution in [0.3, 0.4) is 0 Å². The Kier molecular flexibility index (Phi) is 5.08. The second kappa shape index (κ2) is 8.54. The highest BCUT2D eigenvalue weighted by atomic mass is 32.1. The van der Waals surface area contributed by atoms with Crippen LogP contribution in [-0.4, -0.2) is 4.98 Å². The first-order chi connectivity index (χ1) is 17.2. The molecule has 4 heteroatoms. The molecule has 0 N–H and O–H groups in total. The maximum atomic E-state index is 9.65. The number of para-hydroxylation sites is 1. The molecule has 0 spiro atoms. The van der Waals surface area contributed by atoms with E-state index in [0.29, 0.717) is 11.1 Å². The van der Waals surface area contributed by atoms with Crippen LogP contribution in [0, 0.1) is 22.7 Å². The van der Waals surface area contributed by atoms with Crippen molar-refractivity contribution in [2.45, 2.75) is 0 Å². The number of hydrogen-bond acceptors (Lipinski definition) is 4. The number of benzene rings is 5. The Morgan fingerprint density at radius 3 is 1.97 bits per heavy atom. The second-order valence-corrected chi connectivity index (χ2v) is 9.39. The smallest absolute Gasteiger partial charge is 0.124 e. The Labute approximate surface area is 206 Å². The lowest BCUT2D eigenvalue weighted by Gasteiger charge is -2.08. The predicted molar refractivity (Wildman–Crippen MR) is 143 cm³/mol. The summed E-state index contributed by atoms with van der Waals surface area (Å²) >= 11 is 1.64.